The van der Waals surface area contributed by atoms with Gasteiger partial charge >= 0.3 is 0 Å². The lowest BCUT2D eigenvalue weighted by Gasteiger charge is -2.33. The lowest BCUT2D eigenvalue weighted by molar-refractivity contribution is -0.131. The van der Waals surface area contributed by atoms with E-state index in [9.17, 15) is 9.59 Å². The van der Waals surface area contributed by atoms with Crippen molar-refractivity contribution >= 4 is 11.8 Å². The number of hydrogen-bond acceptors (Lipinski definition) is 5. The van der Waals surface area contributed by atoms with Crippen LogP contribution in [0.1, 0.15) is 38.4 Å². The Morgan fingerprint density at radius 2 is 2.04 bits per heavy atom. The number of aromatic amines is 1. The average Bonchev–Trinajstić information content (AvgIpc) is 3.03. The number of piperidine rings is 1. The third kappa shape index (κ3) is 5.04. The van der Waals surface area contributed by atoms with Gasteiger partial charge in [-0.05, 0) is 25.7 Å². The SMILES string of the molecule is CC(=O)N1C[C@@H](N)CC[C@@H](C(=O)NC2CCN(Cc3ncc[nH]3)CC2)C1. The van der Waals surface area contributed by atoms with Crippen molar-refractivity contribution in [3.8, 4) is 0 Å². The van der Waals surface area contributed by atoms with E-state index in [2.05, 4.69) is 20.2 Å². The number of carbonyl (C=O) groups excluding carboxylic acids is 2. The number of imidazole rings is 1. The van der Waals surface area contributed by atoms with Crippen LogP contribution in [0.15, 0.2) is 12.4 Å². The maximum atomic E-state index is 12.7. The number of amides is 2. The van der Waals surface area contributed by atoms with Crippen LogP contribution in [0.2, 0.25) is 0 Å². The normalized spacial score (nSPS) is 25.7. The van der Waals surface area contributed by atoms with Crippen molar-refractivity contribution in [1.82, 2.24) is 25.1 Å². The van der Waals surface area contributed by atoms with Gasteiger partial charge in [0.25, 0.3) is 0 Å². The molecular formula is C18H30N6O2. The second-order valence-corrected chi connectivity index (χ2v) is 7.55. The highest BCUT2D eigenvalue weighted by atomic mass is 16.2. The maximum Gasteiger partial charge on any atom is 0.225 e. The van der Waals surface area contributed by atoms with Crippen LogP contribution in [0, 0.1) is 5.92 Å². The van der Waals surface area contributed by atoms with Crippen LogP contribution < -0.4 is 11.1 Å². The first-order valence-electron chi connectivity index (χ1n) is 9.53. The Balaban J connectivity index is 1.46. The number of H-pyrrole nitrogens is 1. The molecule has 0 unspecified atom stereocenters. The van der Waals surface area contributed by atoms with Crippen LogP contribution in [0.4, 0.5) is 0 Å². The van der Waals surface area contributed by atoms with E-state index >= 15 is 0 Å². The van der Waals surface area contributed by atoms with Crippen molar-refractivity contribution in [2.75, 3.05) is 26.2 Å². The number of carbonyl (C=O) groups is 2. The molecule has 8 nitrogen and oxygen atoms in total. The van der Waals surface area contributed by atoms with E-state index in [4.69, 9.17) is 5.73 Å². The number of nitrogens with two attached hydrogens (primary N) is 1. The smallest absolute Gasteiger partial charge is 0.225 e. The van der Waals surface area contributed by atoms with Gasteiger partial charge in [0.2, 0.25) is 11.8 Å². The Kier molecular flexibility index (Phi) is 6.26. The standard InChI is InChI=1S/C18H30N6O2/c1-13(25)24-10-14(2-3-15(19)11-24)18(26)22-16-4-8-23(9-5-16)12-17-20-6-7-21-17/h6-7,14-16H,2-5,8-12,19H2,1H3,(H,20,21)(H,22,26)/t14-,15+/m1/s1. The number of likely N-dealkylation sites (tertiary alicyclic amines) is 2. The molecule has 2 atom stereocenters. The van der Waals surface area contributed by atoms with Crippen LogP contribution >= 0.6 is 0 Å². The van der Waals surface area contributed by atoms with Crippen LogP contribution in [0.5, 0.6) is 0 Å². The number of aromatic nitrogens is 2. The minimum atomic E-state index is -0.159. The summed E-state index contributed by atoms with van der Waals surface area (Å²) in [4.78, 5) is 35.9. The van der Waals surface area contributed by atoms with Crippen LogP contribution in [-0.2, 0) is 16.1 Å². The van der Waals surface area contributed by atoms with E-state index in [1.165, 1.54) is 0 Å². The quantitative estimate of drug-likeness (QED) is 0.703. The average molecular weight is 362 g/mol. The van der Waals surface area contributed by atoms with Crippen molar-refractivity contribution in [3.05, 3.63) is 18.2 Å². The van der Waals surface area contributed by atoms with Gasteiger partial charge in [-0.2, -0.15) is 0 Å². The summed E-state index contributed by atoms with van der Waals surface area (Å²) in [5.74, 6) is 0.876. The summed E-state index contributed by atoms with van der Waals surface area (Å²) in [6.45, 7) is 5.28. The maximum absolute atomic E-state index is 12.7. The summed E-state index contributed by atoms with van der Waals surface area (Å²) >= 11 is 0. The molecule has 0 aliphatic carbocycles. The molecule has 0 bridgehead atoms. The lowest BCUT2D eigenvalue weighted by Crippen LogP contribution is -2.48. The Morgan fingerprint density at radius 3 is 2.69 bits per heavy atom. The van der Waals surface area contributed by atoms with E-state index in [0.29, 0.717) is 13.1 Å². The third-order valence-corrected chi connectivity index (χ3v) is 5.46. The highest BCUT2D eigenvalue weighted by Crippen LogP contribution is 2.18. The molecule has 2 fully saturated rings. The van der Waals surface area contributed by atoms with Crippen molar-refractivity contribution in [2.24, 2.45) is 11.7 Å². The first-order valence-corrected chi connectivity index (χ1v) is 9.53. The molecule has 1 aromatic heterocycles. The van der Waals surface area contributed by atoms with Gasteiger partial charge in [-0.15, -0.1) is 0 Å². The molecule has 2 saturated heterocycles. The molecule has 0 radical (unpaired) electrons. The van der Waals surface area contributed by atoms with Gasteiger partial charge in [0, 0.05) is 57.6 Å². The molecule has 4 N–H and O–H groups in total. The minimum absolute atomic E-state index is 0.00798. The highest BCUT2D eigenvalue weighted by Gasteiger charge is 2.30. The number of rotatable bonds is 4. The number of nitrogens with zero attached hydrogens (tertiary/aromatic N) is 3. The fourth-order valence-electron chi connectivity index (χ4n) is 3.84. The van der Waals surface area contributed by atoms with E-state index in [1.54, 1.807) is 18.0 Å². The lowest BCUT2D eigenvalue weighted by atomic mass is 9.99. The minimum Gasteiger partial charge on any atom is -0.353 e. The molecule has 0 aromatic carbocycles. The van der Waals surface area contributed by atoms with Gasteiger partial charge in [-0.25, -0.2) is 4.98 Å². The van der Waals surface area contributed by atoms with Crippen molar-refractivity contribution < 1.29 is 9.59 Å². The molecule has 0 spiro atoms. The van der Waals surface area contributed by atoms with Gasteiger partial charge in [0.05, 0.1) is 12.5 Å². The highest BCUT2D eigenvalue weighted by molar-refractivity contribution is 5.80. The summed E-state index contributed by atoms with van der Waals surface area (Å²) in [6.07, 6.45) is 7.01. The molecule has 26 heavy (non-hydrogen) atoms. The molecule has 1 aromatic rings. The monoisotopic (exact) mass is 362 g/mol. The van der Waals surface area contributed by atoms with Crippen molar-refractivity contribution in [2.45, 2.75) is 51.2 Å². The van der Waals surface area contributed by atoms with E-state index in [1.807, 2.05) is 6.20 Å². The van der Waals surface area contributed by atoms with Gasteiger partial charge < -0.3 is 20.9 Å². The van der Waals surface area contributed by atoms with E-state index in [-0.39, 0.29) is 29.8 Å². The topological polar surface area (TPSA) is 107 Å². The Morgan fingerprint density at radius 1 is 1.27 bits per heavy atom. The summed E-state index contributed by atoms with van der Waals surface area (Å²) in [5.41, 5.74) is 6.04. The van der Waals surface area contributed by atoms with Crippen LogP contribution in [0.25, 0.3) is 0 Å². The zero-order chi connectivity index (χ0) is 18.5. The first-order chi connectivity index (χ1) is 12.5. The Bertz CT molecular complexity index is 597. The van der Waals surface area contributed by atoms with Crippen LogP contribution in [0.3, 0.4) is 0 Å². The molecule has 8 heteroatoms. The van der Waals surface area contributed by atoms with Crippen molar-refractivity contribution in [1.29, 1.82) is 0 Å². The van der Waals surface area contributed by atoms with E-state index in [0.717, 1.165) is 51.1 Å². The number of hydrogen-bond donors (Lipinski definition) is 3. The van der Waals surface area contributed by atoms with E-state index < -0.39 is 0 Å². The molecule has 2 aliphatic rings. The zero-order valence-electron chi connectivity index (χ0n) is 15.5. The fourth-order valence-corrected chi connectivity index (χ4v) is 3.84. The molecule has 2 aliphatic heterocycles. The molecular weight excluding hydrogens is 332 g/mol. The zero-order valence-corrected chi connectivity index (χ0v) is 15.5. The van der Waals surface area contributed by atoms with Gasteiger partial charge in [-0.1, -0.05) is 0 Å². The largest absolute Gasteiger partial charge is 0.353 e. The van der Waals surface area contributed by atoms with Gasteiger partial charge in [0.1, 0.15) is 5.82 Å². The molecule has 144 valence electrons. The van der Waals surface area contributed by atoms with Crippen LogP contribution in [-0.4, -0.2) is 69.8 Å². The third-order valence-electron chi connectivity index (χ3n) is 5.46. The van der Waals surface area contributed by atoms with Gasteiger partial charge in [0.15, 0.2) is 0 Å². The summed E-state index contributed by atoms with van der Waals surface area (Å²) in [5, 5.41) is 3.20. The first kappa shape index (κ1) is 18.8. The summed E-state index contributed by atoms with van der Waals surface area (Å²) in [7, 11) is 0. The summed E-state index contributed by atoms with van der Waals surface area (Å²) in [6, 6.07) is 0.166. The predicted molar refractivity (Wildman–Crippen MR) is 98.0 cm³/mol. The molecule has 3 rings (SSSR count). The molecule has 2 amide bonds. The fraction of sp³-hybridized carbons (Fsp3) is 0.722. The molecule has 0 saturated carbocycles. The summed E-state index contributed by atoms with van der Waals surface area (Å²) < 4.78 is 0. The molecule has 3 heterocycles. The second kappa shape index (κ2) is 8.64. The Labute approximate surface area is 154 Å². The van der Waals surface area contributed by atoms with Gasteiger partial charge in [-0.3, -0.25) is 14.5 Å². The second-order valence-electron chi connectivity index (χ2n) is 7.55. The predicted octanol–water partition coefficient (Wildman–Crippen LogP) is 0.0761. The Hall–Kier alpha value is -1.93. The number of nitrogens with one attached hydrogen (secondary N) is 2. The van der Waals surface area contributed by atoms with Crippen molar-refractivity contribution in [3.63, 3.8) is 0 Å².